The summed E-state index contributed by atoms with van der Waals surface area (Å²) >= 11 is 0. The van der Waals surface area contributed by atoms with Gasteiger partial charge in [0.2, 0.25) is 0 Å². The van der Waals surface area contributed by atoms with E-state index in [4.69, 9.17) is 0 Å². The molecule has 2 aliphatic rings. The summed E-state index contributed by atoms with van der Waals surface area (Å²) in [6.45, 7) is 0. The number of hydrogen-bond donors (Lipinski definition) is 0. The third-order valence-corrected chi connectivity index (χ3v) is 4.36. The second-order valence-electron chi connectivity index (χ2n) is 6.16. The molecule has 0 aromatic rings. The molecule has 0 aromatic carbocycles. The summed E-state index contributed by atoms with van der Waals surface area (Å²) in [7, 11) is 0. The largest absolute Gasteiger partial charge is 3.00 e. The van der Waals surface area contributed by atoms with Gasteiger partial charge in [-0.05, 0) is 24.7 Å². The molecule has 2 aliphatic carbocycles. The second-order valence-corrected chi connectivity index (χ2v) is 6.16. The zero-order valence-electron chi connectivity index (χ0n) is 13.2. The Morgan fingerprint density at radius 1 is 0.682 bits per heavy atom. The summed E-state index contributed by atoms with van der Waals surface area (Å²) in [5.74, 6) is -0.934. The molecule has 22 heavy (non-hydrogen) atoms. The monoisotopic (exact) mass is 430 g/mol. The molecule has 0 spiro atoms. The van der Waals surface area contributed by atoms with Gasteiger partial charge in [0.1, 0.15) is 0 Å². The SMILES string of the molecule is O=C([O-])CC1CCCCC1.O=C([O-])CC1CCCCC1.[Br-].[Ga+3]. The maximum absolute atomic E-state index is 10.2. The molecular formula is C16H26BrGaO4. The first kappa shape index (κ1) is 24.3. The summed E-state index contributed by atoms with van der Waals surface area (Å²) in [6.07, 6.45) is 12.3. The van der Waals surface area contributed by atoms with Crippen molar-refractivity contribution in [1.29, 1.82) is 0 Å². The molecular weight excluding hydrogens is 406 g/mol. The van der Waals surface area contributed by atoms with Gasteiger partial charge in [0.25, 0.3) is 0 Å². The van der Waals surface area contributed by atoms with Gasteiger partial charge in [-0.2, -0.15) is 0 Å². The van der Waals surface area contributed by atoms with Crippen molar-refractivity contribution in [3.8, 4) is 0 Å². The molecule has 4 nitrogen and oxygen atoms in total. The van der Waals surface area contributed by atoms with Crippen LogP contribution in [0.15, 0.2) is 0 Å². The Bertz CT molecular complexity index is 271. The summed E-state index contributed by atoms with van der Waals surface area (Å²) in [6, 6.07) is 0. The van der Waals surface area contributed by atoms with E-state index >= 15 is 0 Å². The number of carbonyl (C=O) groups is 2. The normalized spacial score (nSPS) is 18.9. The summed E-state index contributed by atoms with van der Waals surface area (Å²) in [5, 5.41) is 20.3. The fourth-order valence-electron chi connectivity index (χ4n) is 3.25. The zero-order valence-corrected chi connectivity index (χ0v) is 17.2. The quantitative estimate of drug-likeness (QED) is 0.484. The number of carbonyl (C=O) groups excluding carboxylic acids is 2. The van der Waals surface area contributed by atoms with E-state index in [2.05, 4.69) is 0 Å². The zero-order chi connectivity index (χ0) is 14.8. The Balaban J connectivity index is 0. The van der Waals surface area contributed by atoms with Gasteiger partial charge >= 0.3 is 19.8 Å². The van der Waals surface area contributed by atoms with E-state index in [1.807, 2.05) is 0 Å². The molecule has 0 radical (unpaired) electrons. The van der Waals surface area contributed by atoms with Crippen LogP contribution in [0.1, 0.15) is 77.0 Å². The van der Waals surface area contributed by atoms with E-state index in [1.165, 1.54) is 38.5 Å². The average molecular weight is 432 g/mol. The molecule has 2 rings (SSSR count). The predicted molar refractivity (Wildman–Crippen MR) is 78.2 cm³/mol. The number of carboxylic acids is 2. The van der Waals surface area contributed by atoms with Crippen molar-refractivity contribution in [3.63, 3.8) is 0 Å². The van der Waals surface area contributed by atoms with Crippen LogP contribution in [0, 0.1) is 11.8 Å². The van der Waals surface area contributed by atoms with Gasteiger partial charge in [-0.25, -0.2) is 0 Å². The minimum Gasteiger partial charge on any atom is -1.00 e. The van der Waals surface area contributed by atoms with Crippen LogP contribution in [0.2, 0.25) is 0 Å². The second kappa shape index (κ2) is 14.6. The number of halogens is 1. The molecule has 0 aromatic heterocycles. The summed E-state index contributed by atoms with van der Waals surface area (Å²) in [5.41, 5.74) is 0. The van der Waals surface area contributed by atoms with E-state index < -0.39 is 11.9 Å². The topological polar surface area (TPSA) is 80.3 Å². The van der Waals surface area contributed by atoms with Crippen LogP contribution in [-0.2, 0) is 9.59 Å². The van der Waals surface area contributed by atoms with Crippen LogP contribution < -0.4 is 27.2 Å². The van der Waals surface area contributed by atoms with Crippen molar-refractivity contribution < 1.29 is 36.8 Å². The molecule has 2 saturated carbocycles. The molecule has 0 amide bonds. The third-order valence-electron chi connectivity index (χ3n) is 4.36. The molecule has 6 heteroatoms. The number of hydrogen-bond acceptors (Lipinski definition) is 4. The van der Waals surface area contributed by atoms with Crippen LogP contribution in [-0.4, -0.2) is 31.7 Å². The maximum Gasteiger partial charge on any atom is 3.00 e. The fraction of sp³-hybridized carbons (Fsp3) is 0.875. The molecule has 2 fully saturated rings. The molecule has 0 bridgehead atoms. The third kappa shape index (κ3) is 12.6. The van der Waals surface area contributed by atoms with E-state index in [0.717, 1.165) is 25.7 Å². The summed E-state index contributed by atoms with van der Waals surface area (Å²) < 4.78 is 0. The molecule has 0 heterocycles. The Labute approximate surface area is 157 Å². The van der Waals surface area contributed by atoms with Gasteiger partial charge in [-0.15, -0.1) is 0 Å². The number of carboxylic acid groups (broad SMARTS) is 2. The van der Waals surface area contributed by atoms with Gasteiger partial charge in [0.15, 0.2) is 0 Å². The van der Waals surface area contributed by atoms with Crippen molar-refractivity contribution in [2.24, 2.45) is 11.8 Å². The first-order valence-corrected chi connectivity index (χ1v) is 7.97. The van der Waals surface area contributed by atoms with Crippen molar-refractivity contribution in [3.05, 3.63) is 0 Å². The van der Waals surface area contributed by atoms with Crippen LogP contribution in [0.3, 0.4) is 0 Å². The van der Waals surface area contributed by atoms with Crippen LogP contribution in [0.4, 0.5) is 0 Å². The first-order valence-electron chi connectivity index (χ1n) is 7.97. The van der Waals surface area contributed by atoms with Crippen LogP contribution in [0.25, 0.3) is 0 Å². The minimum atomic E-state index is -0.882. The van der Waals surface area contributed by atoms with Crippen LogP contribution >= 0.6 is 0 Å². The van der Waals surface area contributed by atoms with Gasteiger partial charge in [0, 0.05) is 11.9 Å². The van der Waals surface area contributed by atoms with Gasteiger partial charge in [0.05, 0.1) is 0 Å². The van der Waals surface area contributed by atoms with Crippen LogP contribution in [0.5, 0.6) is 0 Å². The Hall–Kier alpha value is 0.0564. The Kier molecular flexibility index (Phi) is 16.2. The molecule has 0 saturated heterocycles. The number of rotatable bonds is 4. The predicted octanol–water partition coefficient (Wildman–Crippen LogP) is -1.96. The van der Waals surface area contributed by atoms with Gasteiger partial charge in [-0.1, -0.05) is 64.2 Å². The fourth-order valence-corrected chi connectivity index (χ4v) is 3.25. The summed E-state index contributed by atoms with van der Waals surface area (Å²) in [4.78, 5) is 20.3. The van der Waals surface area contributed by atoms with E-state index in [-0.39, 0.29) is 49.6 Å². The van der Waals surface area contributed by atoms with Gasteiger partial charge in [-0.3, -0.25) is 0 Å². The minimum absolute atomic E-state index is 0. The van der Waals surface area contributed by atoms with E-state index in [0.29, 0.717) is 11.8 Å². The van der Waals surface area contributed by atoms with E-state index in [9.17, 15) is 19.8 Å². The first-order chi connectivity index (χ1) is 9.58. The smallest absolute Gasteiger partial charge is 1.00 e. The van der Waals surface area contributed by atoms with Crippen molar-refractivity contribution in [2.75, 3.05) is 0 Å². The Morgan fingerprint density at radius 3 is 1.18 bits per heavy atom. The average Bonchev–Trinajstić information content (AvgIpc) is 2.40. The standard InChI is InChI=1S/2C8H14O2.BrH.Ga/c2*9-8(10)6-7-4-2-1-3-5-7;;/h2*7H,1-6H2,(H,9,10);1H;/q;;;+3/p-3. The number of aliphatic carboxylic acids is 2. The van der Waals surface area contributed by atoms with Crippen molar-refractivity contribution in [2.45, 2.75) is 77.0 Å². The molecule has 0 N–H and O–H groups in total. The van der Waals surface area contributed by atoms with Crippen molar-refractivity contribution >= 4 is 31.7 Å². The molecule has 124 valence electrons. The molecule has 0 aliphatic heterocycles. The maximum atomic E-state index is 10.2. The van der Waals surface area contributed by atoms with Crippen molar-refractivity contribution in [1.82, 2.24) is 0 Å². The Morgan fingerprint density at radius 2 is 0.955 bits per heavy atom. The van der Waals surface area contributed by atoms with Gasteiger partial charge < -0.3 is 36.8 Å². The molecule has 0 unspecified atom stereocenters. The van der Waals surface area contributed by atoms with E-state index in [1.54, 1.807) is 0 Å². The molecule has 0 atom stereocenters.